The molecule has 0 spiro atoms. The lowest BCUT2D eigenvalue weighted by atomic mass is 9.88. The quantitative estimate of drug-likeness (QED) is 0.250. The van der Waals surface area contributed by atoms with Crippen LogP contribution in [0.4, 0.5) is 0 Å². The Morgan fingerprint density at radius 2 is 1.57 bits per heavy atom. The fraction of sp³-hybridized carbons (Fsp3) is 0.808. The van der Waals surface area contributed by atoms with Crippen molar-refractivity contribution in [3.8, 4) is 0 Å². The van der Waals surface area contributed by atoms with Crippen LogP contribution >= 0.6 is 0 Å². The van der Waals surface area contributed by atoms with Crippen molar-refractivity contribution in [3.63, 3.8) is 0 Å². The topological polar surface area (TPSA) is 12.5 Å². The fourth-order valence-corrected chi connectivity index (χ4v) is 4.06. The number of rotatable bonds is 16. The van der Waals surface area contributed by atoms with E-state index in [0.717, 1.165) is 38.0 Å². The van der Waals surface area contributed by atoms with Crippen LogP contribution in [0.5, 0.6) is 0 Å². The van der Waals surface area contributed by atoms with Gasteiger partial charge in [-0.1, -0.05) is 78.7 Å². The lowest BCUT2D eigenvalue weighted by Gasteiger charge is -2.33. The number of hydrogen-bond donors (Lipinski definition) is 0. The summed E-state index contributed by atoms with van der Waals surface area (Å²) in [7, 11) is 0. The molecule has 0 N–H and O–H groups in total. The lowest BCUT2D eigenvalue weighted by Crippen LogP contribution is -2.26. The first kappa shape index (κ1) is 25.3. The van der Waals surface area contributed by atoms with Crippen LogP contribution in [0, 0.1) is 18.3 Å². The highest BCUT2D eigenvalue weighted by molar-refractivity contribution is 5.34. The summed E-state index contributed by atoms with van der Waals surface area (Å²) in [6.07, 6.45) is 18.5. The number of hydrogen-bond acceptors (Lipinski definition) is 2. The van der Waals surface area contributed by atoms with Gasteiger partial charge in [-0.3, -0.25) is 0 Å². The molecule has 2 radical (unpaired) electrons. The van der Waals surface area contributed by atoms with E-state index >= 15 is 0 Å². The summed E-state index contributed by atoms with van der Waals surface area (Å²) in [5, 5.41) is 0. The van der Waals surface area contributed by atoms with Crippen LogP contribution in [0.25, 0.3) is 0 Å². The van der Waals surface area contributed by atoms with Gasteiger partial charge in [0.2, 0.25) is 0 Å². The molecule has 2 atom stereocenters. The van der Waals surface area contributed by atoms with E-state index in [1.807, 2.05) is 0 Å². The third-order valence-corrected chi connectivity index (χ3v) is 6.33. The Labute approximate surface area is 176 Å². The first-order valence-electron chi connectivity index (χ1n) is 12.0. The average Bonchev–Trinajstić information content (AvgIpc) is 2.70. The van der Waals surface area contributed by atoms with Crippen LogP contribution in [-0.2, 0) is 4.74 Å². The number of allylic oxidation sites excluding steroid dienone is 4. The van der Waals surface area contributed by atoms with E-state index in [9.17, 15) is 0 Å². The molecule has 0 aromatic carbocycles. The summed E-state index contributed by atoms with van der Waals surface area (Å²) in [5.41, 5.74) is 4.14. The third kappa shape index (κ3) is 9.16. The molecule has 0 saturated heterocycles. The Hall–Kier alpha value is -0.760. The Morgan fingerprint density at radius 3 is 2.18 bits per heavy atom. The summed E-state index contributed by atoms with van der Waals surface area (Å²) in [6.45, 7) is 16.5. The van der Waals surface area contributed by atoms with E-state index in [2.05, 4.69) is 58.9 Å². The monoisotopic (exact) mass is 389 g/mol. The fourth-order valence-electron chi connectivity index (χ4n) is 4.06. The zero-order valence-electron chi connectivity index (χ0n) is 19.8. The minimum absolute atomic E-state index is 0.739. The predicted molar refractivity (Wildman–Crippen MR) is 123 cm³/mol. The van der Waals surface area contributed by atoms with Gasteiger partial charge in [0.15, 0.2) is 0 Å². The van der Waals surface area contributed by atoms with E-state index < -0.39 is 0 Å². The second kappa shape index (κ2) is 15.1. The highest BCUT2D eigenvalue weighted by Gasteiger charge is 2.19. The molecule has 2 unspecified atom stereocenters. The molecule has 1 heterocycles. The average molecular weight is 390 g/mol. The molecule has 28 heavy (non-hydrogen) atoms. The van der Waals surface area contributed by atoms with Crippen molar-refractivity contribution in [1.29, 1.82) is 0 Å². The van der Waals surface area contributed by atoms with Gasteiger partial charge in [-0.05, 0) is 50.5 Å². The largest absolute Gasteiger partial charge is 0.381 e. The molecule has 2 nitrogen and oxygen atoms in total. The molecule has 2 heteroatoms. The van der Waals surface area contributed by atoms with E-state index in [-0.39, 0.29) is 0 Å². The van der Waals surface area contributed by atoms with Crippen molar-refractivity contribution >= 4 is 0 Å². The van der Waals surface area contributed by atoms with Gasteiger partial charge >= 0.3 is 0 Å². The van der Waals surface area contributed by atoms with E-state index in [4.69, 9.17) is 4.74 Å². The first-order valence-corrected chi connectivity index (χ1v) is 12.0. The number of ether oxygens (including phenoxy) is 1. The van der Waals surface area contributed by atoms with Crippen LogP contribution in [0.1, 0.15) is 106 Å². The lowest BCUT2D eigenvalue weighted by molar-refractivity contribution is 0.0888. The Bertz CT molecular complexity index is 465. The van der Waals surface area contributed by atoms with Gasteiger partial charge in [0.1, 0.15) is 0 Å². The summed E-state index contributed by atoms with van der Waals surface area (Å²) in [4.78, 5) is 2.48. The smallest absolute Gasteiger partial charge is 0.0494 e. The van der Waals surface area contributed by atoms with Crippen LogP contribution < -0.4 is 0 Å². The second-order valence-electron chi connectivity index (χ2n) is 8.61. The minimum atomic E-state index is 0.739. The minimum Gasteiger partial charge on any atom is -0.381 e. The molecule has 1 rings (SSSR count). The molecule has 0 bridgehead atoms. The zero-order chi connectivity index (χ0) is 20.8. The van der Waals surface area contributed by atoms with Crippen LogP contribution in [0.2, 0.25) is 0 Å². The highest BCUT2D eigenvalue weighted by atomic mass is 16.5. The second-order valence-corrected chi connectivity index (χ2v) is 8.61. The summed E-state index contributed by atoms with van der Waals surface area (Å²) in [5.74, 6) is 1.53. The van der Waals surface area contributed by atoms with Crippen molar-refractivity contribution in [1.82, 2.24) is 4.90 Å². The van der Waals surface area contributed by atoms with Gasteiger partial charge in [0.05, 0.1) is 0 Å². The number of nitrogens with zero attached hydrogens (tertiary/aromatic N) is 1. The summed E-state index contributed by atoms with van der Waals surface area (Å²) >= 11 is 0. The SMILES string of the molecule is CCCCC(CC)COCCCN1C(C)=C[C]C(CC(CC)CCCC)=C1C. The van der Waals surface area contributed by atoms with E-state index in [1.165, 1.54) is 74.8 Å². The number of unbranched alkanes of at least 4 members (excludes halogenated alkanes) is 2. The maximum absolute atomic E-state index is 6.02. The van der Waals surface area contributed by atoms with Gasteiger partial charge in [0, 0.05) is 37.6 Å². The molecule has 0 aromatic rings. The Balaban J connectivity index is 2.46. The van der Waals surface area contributed by atoms with Gasteiger partial charge < -0.3 is 9.64 Å². The molecular formula is C26H47NO. The molecule has 0 fully saturated rings. The molecule has 162 valence electrons. The van der Waals surface area contributed by atoms with Gasteiger partial charge in [-0.25, -0.2) is 0 Å². The van der Waals surface area contributed by atoms with E-state index in [1.54, 1.807) is 0 Å². The Morgan fingerprint density at radius 1 is 0.929 bits per heavy atom. The predicted octanol–water partition coefficient (Wildman–Crippen LogP) is 7.79. The highest BCUT2D eigenvalue weighted by Crippen LogP contribution is 2.31. The van der Waals surface area contributed by atoms with Crippen molar-refractivity contribution in [2.24, 2.45) is 11.8 Å². The van der Waals surface area contributed by atoms with Gasteiger partial charge in [0.25, 0.3) is 0 Å². The molecule has 0 amide bonds. The molecular weight excluding hydrogens is 342 g/mol. The molecule has 0 aliphatic carbocycles. The van der Waals surface area contributed by atoms with Crippen LogP contribution in [0.3, 0.4) is 0 Å². The van der Waals surface area contributed by atoms with Crippen molar-refractivity contribution < 1.29 is 4.74 Å². The molecule has 1 aliphatic rings. The summed E-state index contributed by atoms with van der Waals surface area (Å²) in [6, 6.07) is 0. The van der Waals surface area contributed by atoms with Gasteiger partial charge in [-0.2, -0.15) is 0 Å². The first-order chi connectivity index (χ1) is 13.6. The maximum Gasteiger partial charge on any atom is 0.0494 e. The molecule has 0 saturated carbocycles. The summed E-state index contributed by atoms with van der Waals surface area (Å²) < 4.78 is 6.02. The van der Waals surface area contributed by atoms with Gasteiger partial charge in [-0.15, -0.1) is 0 Å². The van der Waals surface area contributed by atoms with Crippen LogP contribution in [-0.4, -0.2) is 24.7 Å². The van der Waals surface area contributed by atoms with Crippen molar-refractivity contribution in [2.45, 2.75) is 106 Å². The van der Waals surface area contributed by atoms with Crippen LogP contribution in [0.15, 0.2) is 23.0 Å². The molecule has 1 aliphatic heterocycles. The van der Waals surface area contributed by atoms with Crippen molar-refractivity contribution in [3.05, 3.63) is 29.5 Å². The zero-order valence-corrected chi connectivity index (χ0v) is 19.8. The van der Waals surface area contributed by atoms with Crippen molar-refractivity contribution in [2.75, 3.05) is 19.8 Å². The van der Waals surface area contributed by atoms with E-state index in [0.29, 0.717) is 0 Å². The molecule has 0 aromatic heterocycles. The maximum atomic E-state index is 6.02. The third-order valence-electron chi connectivity index (χ3n) is 6.33. The Kier molecular flexibility index (Phi) is 13.7. The normalized spacial score (nSPS) is 17.1. The standard InChI is InChI=1S/C26H47NO/c1-7-11-14-24(9-3)20-26-17-16-22(5)27(23(26)6)18-13-19-28-21-25(10-4)15-12-8-2/h16,24-25H,7-15,18-21H2,1-6H3.